The van der Waals surface area contributed by atoms with Crippen LogP contribution in [0.3, 0.4) is 0 Å². The van der Waals surface area contributed by atoms with Crippen LogP contribution in [0, 0.1) is 11.2 Å². The fourth-order valence-electron chi connectivity index (χ4n) is 1.43. The number of rotatable bonds is 5. The lowest BCUT2D eigenvalue weighted by Crippen LogP contribution is -2.46. The maximum Gasteiger partial charge on any atom is 0.233 e. The third kappa shape index (κ3) is 3.94. The minimum absolute atomic E-state index is 0.146. The summed E-state index contributed by atoms with van der Waals surface area (Å²) in [4.78, 5) is 11.9. The molecule has 0 spiro atoms. The number of amidine groups is 1. The topological polar surface area (TPSA) is 87.7 Å². The molecule has 0 aliphatic rings. The average Bonchev–Trinajstić information content (AvgIpc) is 2.39. The lowest BCUT2D eigenvalue weighted by molar-refractivity contribution is -0.126. The van der Waals surface area contributed by atoms with E-state index >= 15 is 0 Å². The van der Waals surface area contributed by atoms with E-state index in [9.17, 15) is 9.18 Å². The van der Waals surface area contributed by atoms with E-state index in [4.69, 9.17) is 10.9 Å². The number of hydrogen-bond acceptors (Lipinski definition) is 3. The number of carbonyl (C=O) groups is 1. The molecule has 1 amide bonds. The van der Waals surface area contributed by atoms with Crippen LogP contribution in [0.15, 0.2) is 29.4 Å². The van der Waals surface area contributed by atoms with Crippen molar-refractivity contribution in [2.75, 3.05) is 6.54 Å². The van der Waals surface area contributed by atoms with Crippen LogP contribution in [0.25, 0.3) is 0 Å². The van der Waals surface area contributed by atoms with Gasteiger partial charge in [-0.25, -0.2) is 4.39 Å². The van der Waals surface area contributed by atoms with E-state index in [1.54, 1.807) is 26.0 Å². The Balaban J connectivity index is 2.49. The third-order valence-electron chi connectivity index (χ3n) is 2.93. The van der Waals surface area contributed by atoms with E-state index in [-0.39, 0.29) is 17.6 Å². The number of nitrogens with one attached hydrogen (secondary N) is 1. The van der Waals surface area contributed by atoms with E-state index in [1.807, 2.05) is 0 Å². The van der Waals surface area contributed by atoms with E-state index in [2.05, 4.69) is 10.5 Å². The first kappa shape index (κ1) is 14.9. The molecule has 19 heavy (non-hydrogen) atoms. The van der Waals surface area contributed by atoms with Crippen molar-refractivity contribution in [3.8, 4) is 0 Å². The molecule has 0 bridgehead atoms. The molecule has 0 aliphatic heterocycles. The van der Waals surface area contributed by atoms with Gasteiger partial charge in [-0.05, 0) is 38.0 Å². The second-order valence-corrected chi connectivity index (χ2v) is 4.74. The molecule has 0 fully saturated rings. The summed E-state index contributed by atoms with van der Waals surface area (Å²) >= 11 is 0. The van der Waals surface area contributed by atoms with Gasteiger partial charge in [-0.1, -0.05) is 17.3 Å². The molecule has 1 aromatic rings. The molecule has 1 aromatic carbocycles. The predicted molar refractivity (Wildman–Crippen MR) is 70.3 cm³/mol. The van der Waals surface area contributed by atoms with Gasteiger partial charge in [0.25, 0.3) is 0 Å². The van der Waals surface area contributed by atoms with Crippen molar-refractivity contribution >= 4 is 11.7 Å². The molecule has 0 unspecified atom stereocenters. The van der Waals surface area contributed by atoms with Gasteiger partial charge >= 0.3 is 0 Å². The van der Waals surface area contributed by atoms with E-state index in [0.717, 1.165) is 5.56 Å². The maximum atomic E-state index is 12.7. The van der Waals surface area contributed by atoms with E-state index in [1.165, 1.54) is 12.1 Å². The normalized spacial score (nSPS) is 12.3. The molecular weight excluding hydrogens is 249 g/mol. The molecule has 0 aliphatic carbocycles. The van der Waals surface area contributed by atoms with Crippen LogP contribution in [0.1, 0.15) is 19.4 Å². The first-order chi connectivity index (χ1) is 8.87. The Morgan fingerprint density at radius 2 is 2.00 bits per heavy atom. The van der Waals surface area contributed by atoms with Gasteiger partial charge in [0.2, 0.25) is 5.91 Å². The Bertz CT molecular complexity index is 469. The van der Waals surface area contributed by atoms with Crippen LogP contribution in [0.5, 0.6) is 0 Å². The maximum absolute atomic E-state index is 12.7. The van der Waals surface area contributed by atoms with E-state index in [0.29, 0.717) is 13.0 Å². The summed E-state index contributed by atoms with van der Waals surface area (Å²) in [6, 6.07) is 6.07. The summed E-state index contributed by atoms with van der Waals surface area (Å²) in [5, 5.41) is 14.1. The second-order valence-electron chi connectivity index (χ2n) is 4.74. The first-order valence-corrected chi connectivity index (χ1v) is 5.88. The van der Waals surface area contributed by atoms with Crippen LogP contribution in [0.2, 0.25) is 0 Å². The van der Waals surface area contributed by atoms with Gasteiger partial charge in [-0.15, -0.1) is 0 Å². The molecule has 5 nitrogen and oxygen atoms in total. The van der Waals surface area contributed by atoms with Gasteiger partial charge in [0.1, 0.15) is 11.2 Å². The molecule has 1 rings (SSSR count). The molecule has 4 N–H and O–H groups in total. The summed E-state index contributed by atoms with van der Waals surface area (Å²) in [5.74, 6) is -0.766. The van der Waals surface area contributed by atoms with Crippen LogP contribution in [-0.4, -0.2) is 23.5 Å². The van der Waals surface area contributed by atoms with Crippen LogP contribution >= 0.6 is 0 Å². The Hall–Kier alpha value is -2.11. The minimum Gasteiger partial charge on any atom is -0.409 e. The minimum atomic E-state index is -1.07. The largest absolute Gasteiger partial charge is 0.409 e. The zero-order valence-electron chi connectivity index (χ0n) is 11.0. The zero-order valence-corrected chi connectivity index (χ0v) is 11.0. The highest BCUT2D eigenvalue weighted by Gasteiger charge is 2.32. The number of oxime groups is 1. The number of carbonyl (C=O) groups excluding carboxylic acids is 1. The predicted octanol–water partition coefficient (Wildman–Crippen LogP) is 1.26. The molecule has 0 heterocycles. The molecule has 0 aromatic heterocycles. The van der Waals surface area contributed by atoms with Crippen molar-refractivity contribution < 1.29 is 14.4 Å². The Morgan fingerprint density at radius 1 is 1.42 bits per heavy atom. The smallest absolute Gasteiger partial charge is 0.233 e. The van der Waals surface area contributed by atoms with Gasteiger partial charge in [0.15, 0.2) is 5.84 Å². The lowest BCUT2D eigenvalue weighted by atomic mass is 9.91. The van der Waals surface area contributed by atoms with Crippen molar-refractivity contribution in [2.45, 2.75) is 20.3 Å². The molecular formula is C13H18FN3O2. The molecule has 0 atom stereocenters. The third-order valence-corrected chi connectivity index (χ3v) is 2.93. The summed E-state index contributed by atoms with van der Waals surface area (Å²) in [7, 11) is 0. The molecule has 0 saturated carbocycles. The molecule has 6 heteroatoms. The Kier molecular flexibility index (Phi) is 4.86. The number of nitrogens with zero attached hydrogens (tertiary/aromatic N) is 1. The monoisotopic (exact) mass is 267 g/mol. The van der Waals surface area contributed by atoms with Gasteiger partial charge in [-0.2, -0.15) is 0 Å². The van der Waals surface area contributed by atoms with Gasteiger partial charge in [0, 0.05) is 6.54 Å². The first-order valence-electron chi connectivity index (χ1n) is 5.88. The Morgan fingerprint density at radius 3 is 2.53 bits per heavy atom. The van der Waals surface area contributed by atoms with Gasteiger partial charge in [-0.3, -0.25) is 4.79 Å². The highest BCUT2D eigenvalue weighted by Crippen LogP contribution is 2.15. The number of hydrogen-bond donors (Lipinski definition) is 3. The van der Waals surface area contributed by atoms with Gasteiger partial charge in [0.05, 0.1) is 0 Å². The second kappa shape index (κ2) is 6.17. The SMILES string of the molecule is CC(C)(C(=O)NCCc1ccc(F)cc1)C(N)=NO. The quantitative estimate of drug-likeness (QED) is 0.325. The molecule has 104 valence electrons. The molecule has 0 radical (unpaired) electrons. The zero-order chi connectivity index (χ0) is 14.5. The van der Waals surface area contributed by atoms with Crippen molar-refractivity contribution in [3.63, 3.8) is 0 Å². The highest BCUT2D eigenvalue weighted by atomic mass is 19.1. The average molecular weight is 267 g/mol. The van der Waals surface area contributed by atoms with Crippen molar-refractivity contribution in [3.05, 3.63) is 35.6 Å². The summed E-state index contributed by atoms with van der Waals surface area (Å²) < 4.78 is 12.7. The standard InChI is InChI=1S/C13H18FN3O2/c1-13(2,11(15)17-19)12(18)16-8-7-9-3-5-10(14)6-4-9/h3-6,19H,7-8H2,1-2H3,(H2,15,17)(H,16,18). The van der Waals surface area contributed by atoms with Crippen molar-refractivity contribution in [1.82, 2.24) is 5.32 Å². The fourth-order valence-corrected chi connectivity index (χ4v) is 1.43. The molecule has 0 saturated heterocycles. The number of benzene rings is 1. The summed E-state index contributed by atoms with van der Waals surface area (Å²) in [6.45, 7) is 3.52. The summed E-state index contributed by atoms with van der Waals surface area (Å²) in [6.07, 6.45) is 0.582. The summed E-state index contributed by atoms with van der Waals surface area (Å²) in [5.41, 5.74) is 5.30. The fraction of sp³-hybridized carbons (Fsp3) is 0.385. The number of halogens is 1. The van der Waals surface area contributed by atoms with E-state index < -0.39 is 5.41 Å². The van der Waals surface area contributed by atoms with Crippen molar-refractivity contribution in [1.29, 1.82) is 0 Å². The van der Waals surface area contributed by atoms with Crippen LogP contribution in [0.4, 0.5) is 4.39 Å². The van der Waals surface area contributed by atoms with Crippen LogP contribution in [-0.2, 0) is 11.2 Å². The van der Waals surface area contributed by atoms with Crippen molar-refractivity contribution in [2.24, 2.45) is 16.3 Å². The van der Waals surface area contributed by atoms with Crippen LogP contribution < -0.4 is 11.1 Å². The number of nitrogens with two attached hydrogens (primary N) is 1. The lowest BCUT2D eigenvalue weighted by Gasteiger charge is -2.21. The Labute approximate surface area is 111 Å². The van der Waals surface area contributed by atoms with Gasteiger partial charge < -0.3 is 16.3 Å². The highest BCUT2D eigenvalue weighted by molar-refractivity contribution is 6.05. The number of amides is 1.